The standard InChI is InChI=1S/C18H20N2O3/c1-13(23-18(22)16-8-5-10-19(16)2)17(21)20-11-9-14-6-3-4-7-15(14)12-20/h3-8,10,13H,9,11-12H2,1-2H3/t13-/m1/s1. The van der Waals surface area contributed by atoms with E-state index in [4.69, 9.17) is 4.74 Å². The summed E-state index contributed by atoms with van der Waals surface area (Å²) >= 11 is 0. The van der Waals surface area contributed by atoms with Crippen LogP contribution in [0.3, 0.4) is 0 Å². The van der Waals surface area contributed by atoms with Gasteiger partial charge in [-0.25, -0.2) is 4.79 Å². The van der Waals surface area contributed by atoms with Gasteiger partial charge >= 0.3 is 5.97 Å². The van der Waals surface area contributed by atoms with E-state index < -0.39 is 12.1 Å². The normalized spacial score (nSPS) is 15.0. The summed E-state index contributed by atoms with van der Waals surface area (Å²) in [6.07, 6.45) is 1.81. The van der Waals surface area contributed by atoms with Crippen molar-refractivity contribution in [3.8, 4) is 0 Å². The van der Waals surface area contributed by atoms with Crippen molar-refractivity contribution in [1.82, 2.24) is 9.47 Å². The Morgan fingerprint density at radius 2 is 1.87 bits per heavy atom. The van der Waals surface area contributed by atoms with Crippen LogP contribution in [-0.2, 0) is 29.5 Å². The van der Waals surface area contributed by atoms with E-state index in [0.717, 1.165) is 12.0 Å². The summed E-state index contributed by atoms with van der Waals surface area (Å²) in [4.78, 5) is 26.4. The van der Waals surface area contributed by atoms with Crippen molar-refractivity contribution < 1.29 is 14.3 Å². The molecule has 0 unspecified atom stereocenters. The Morgan fingerprint density at radius 1 is 1.13 bits per heavy atom. The summed E-state index contributed by atoms with van der Waals surface area (Å²) in [6, 6.07) is 11.6. The average Bonchev–Trinajstić information content (AvgIpc) is 2.99. The van der Waals surface area contributed by atoms with E-state index in [9.17, 15) is 9.59 Å². The SMILES string of the molecule is C[C@@H](OC(=O)c1cccn1C)C(=O)N1CCc2ccccc2C1. The van der Waals surface area contributed by atoms with Crippen LogP contribution in [0.5, 0.6) is 0 Å². The Hall–Kier alpha value is -2.56. The molecule has 0 fully saturated rings. The fourth-order valence-electron chi connectivity index (χ4n) is 2.89. The van der Waals surface area contributed by atoms with Gasteiger partial charge in [0.15, 0.2) is 6.10 Å². The van der Waals surface area contributed by atoms with Gasteiger partial charge < -0.3 is 14.2 Å². The molecule has 2 heterocycles. The number of benzene rings is 1. The van der Waals surface area contributed by atoms with E-state index >= 15 is 0 Å². The highest BCUT2D eigenvalue weighted by molar-refractivity contribution is 5.91. The minimum atomic E-state index is -0.789. The van der Waals surface area contributed by atoms with Crippen molar-refractivity contribution in [3.63, 3.8) is 0 Å². The summed E-state index contributed by atoms with van der Waals surface area (Å²) in [5, 5.41) is 0. The minimum absolute atomic E-state index is 0.151. The fraction of sp³-hybridized carbons (Fsp3) is 0.333. The largest absolute Gasteiger partial charge is 0.448 e. The van der Waals surface area contributed by atoms with E-state index in [1.54, 1.807) is 41.8 Å². The first-order valence-electron chi connectivity index (χ1n) is 7.74. The lowest BCUT2D eigenvalue weighted by molar-refractivity contribution is -0.140. The van der Waals surface area contributed by atoms with Gasteiger partial charge in [0.05, 0.1) is 0 Å². The lowest BCUT2D eigenvalue weighted by atomic mass is 9.99. The zero-order valence-corrected chi connectivity index (χ0v) is 13.4. The van der Waals surface area contributed by atoms with Gasteiger partial charge in [-0.1, -0.05) is 24.3 Å². The van der Waals surface area contributed by atoms with Gasteiger partial charge in [0, 0.05) is 26.3 Å². The van der Waals surface area contributed by atoms with Gasteiger partial charge in [0.25, 0.3) is 5.91 Å². The first-order valence-corrected chi connectivity index (χ1v) is 7.74. The van der Waals surface area contributed by atoms with E-state index in [1.165, 1.54) is 5.56 Å². The highest BCUT2D eigenvalue weighted by Gasteiger charge is 2.27. The highest BCUT2D eigenvalue weighted by atomic mass is 16.5. The summed E-state index contributed by atoms with van der Waals surface area (Å²) in [7, 11) is 1.77. The molecule has 1 atom stereocenters. The maximum Gasteiger partial charge on any atom is 0.355 e. The molecular weight excluding hydrogens is 292 g/mol. The zero-order valence-electron chi connectivity index (χ0n) is 13.4. The Morgan fingerprint density at radius 3 is 2.57 bits per heavy atom. The molecule has 1 aromatic carbocycles. The smallest absolute Gasteiger partial charge is 0.355 e. The van der Waals surface area contributed by atoms with Crippen LogP contribution in [0.2, 0.25) is 0 Å². The van der Waals surface area contributed by atoms with Gasteiger partial charge in [-0.3, -0.25) is 4.79 Å². The zero-order chi connectivity index (χ0) is 16.4. The third-order valence-electron chi connectivity index (χ3n) is 4.23. The molecule has 1 amide bonds. The molecule has 23 heavy (non-hydrogen) atoms. The van der Waals surface area contributed by atoms with E-state index in [2.05, 4.69) is 6.07 Å². The molecule has 0 bridgehead atoms. The number of rotatable bonds is 3. The molecule has 5 nitrogen and oxygen atoms in total. The Kier molecular flexibility index (Phi) is 4.19. The molecule has 1 aliphatic heterocycles. The third kappa shape index (κ3) is 3.13. The Labute approximate surface area is 135 Å². The topological polar surface area (TPSA) is 51.5 Å². The Bertz CT molecular complexity index is 735. The number of esters is 1. The first kappa shape index (κ1) is 15.3. The number of aryl methyl sites for hydroxylation is 1. The van der Waals surface area contributed by atoms with Crippen LogP contribution in [-0.4, -0.2) is 34.0 Å². The number of carbonyl (C=O) groups is 2. The van der Waals surface area contributed by atoms with Crippen LogP contribution in [0.15, 0.2) is 42.6 Å². The molecule has 0 radical (unpaired) electrons. The van der Waals surface area contributed by atoms with Gasteiger partial charge in [-0.15, -0.1) is 0 Å². The molecule has 0 N–H and O–H groups in total. The molecular formula is C18H20N2O3. The number of amides is 1. The number of nitrogens with zero attached hydrogens (tertiary/aromatic N) is 2. The quantitative estimate of drug-likeness (QED) is 0.816. The van der Waals surface area contributed by atoms with E-state index in [1.807, 2.05) is 18.2 Å². The van der Waals surface area contributed by atoms with Gasteiger partial charge in [0.2, 0.25) is 0 Å². The van der Waals surface area contributed by atoms with Crippen molar-refractivity contribution in [2.75, 3.05) is 6.54 Å². The molecule has 5 heteroatoms. The molecule has 0 saturated heterocycles. The third-order valence-corrected chi connectivity index (χ3v) is 4.23. The van der Waals surface area contributed by atoms with Crippen LogP contribution in [0.4, 0.5) is 0 Å². The lowest BCUT2D eigenvalue weighted by Crippen LogP contribution is -2.42. The van der Waals surface area contributed by atoms with Gasteiger partial charge in [0.1, 0.15) is 5.69 Å². The van der Waals surface area contributed by atoms with Crippen LogP contribution in [0.1, 0.15) is 28.5 Å². The predicted molar refractivity (Wildman–Crippen MR) is 85.9 cm³/mol. The second-order valence-electron chi connectivity index (χ2n) is 5.83. The second-order valence-corrected chi connectivity index (χ2v) is 5.83. The molecule has 2 aromatic rings. The van der Waals surface area contributed by atoms with Crippen LogP contribution in [0, 0.1) is 0 Å². The predicted octanol–water partition coefficient (Wildman–Crippen LogP) is 2.16. The number of hydrogen-bond acceptors (Lipinski definition) is 3. The molecule has 1 aromatic heterocycles. The van der Waals surface area contributed by atoms with Crippen LogP contribution in [0.25, 0.3) is 0 Å². The highest BCUT2D eigenvalue weighted by Crippen LogP contribution is 2.19. The van der Waals surface area contributed by atoms with Crippen molar-refractivity contribution in [3.05, 3.63) is 59.4 Å². The number of ether oxygens (including phenoxy) is 1. The molecule has 1 aliphatic rings. The lowest BCUT2D eigenvalue weighted by Gasteiger charge is -2.30. The average molecular weight is 312 g/mol. The second kappa shape index (κ2) is 6.28. The molecule has 3 rings (SSSR count). The summed E-state index contributed by atoms with van der Waals surface area (Å²) in [5.74, 6) is -0.627. The van der Waals surface area contributed by atoms with E-state index in [0.29, 0.717) is 18.8 Å². The Balaban J connectivity index is 1.64. The summed E-state index contributed by atoms with van der Waals surface area (Å²) in [6.45, 7) is 2.85. The number of carbonyl (C=O) groups excluding carboxylic acids is 2. The number of aromatic nitrogens is 1. The van der Waals surface area contributed by atoms with Crippen molar-refractivity contribution >= 4 is 11.9 Å². The van der Waals surface area contributed by atoms with Crippen molar-refractivity contribution in [2.45, 2.75) is 26.0 Å². The maximum absolute atomic E-state index is 12.5. The monoisotopic (exact) mass is 312 g/mol. The molecule has 120 valence electrons. The molecule has 0 aliphatic carbocycles. The minimum Gasteiger partial charge on any atom is -0.448 e. The fourth-order valence-corrected chi connectivity index (χ4v) is 2.89. The molecule has 0 saturated carbocycles. The van der Waals surface area contributed by atoms with Crippen molar-refractivity contribution in [2.24, 2.45) is 7.05 Å². The molecule has 0 spiro atoms. The van der Waals surface area contributed by atoms with Gasteiger partial charge in [-0.05, 0) is 36.6 Å². The van der Waals surface area contributed by atoms with Gasteiger partial charge in [-0.2, -0.15) is 0 Å². The summed E-state index contributed by atoms with van der Waals surface area (Å²) in [5.41, 5.74) is 2.88. The number of hydrogen-bond donors (Lipinski definition) is 0. The van der Waals surface area contributed by atoms with Crippen LogP contribution < -0.4 is 0 Å². The van der Waals surface area contributed by atoms with E-state index in [-0.39, 0.29) is 5.91 Å². The first-order chi connectivity index (χ1) is 11.1. The van der Waals surface area contributed by atoms with Crippen molar-refractivity contribution in [1.29, 1.82) is 0 Å². The number of fused-ring (bicyclic) bond motifs is 1. The maximum atomic E-state index is 12.5. The summed E-state index contributed by atoms with van der Waals surface area (Å²) < 4.78 is 7.00. The van der Waals surface area contributed by atoms with Crippen LogP contribution >= 0.6 is 0 Å².